The molecule has 11 heavy (non-hydrogen) atoms. The molecule has 0 bridgehead atoms. The summed E-state index contributed by atoms with van der Waals surface area (Å²) >= 11 is 0. The van der Waals surface area contributed by atoms with Crippen molar-refractivity contribution < 1.29 is 5.11 Å². The lowest BCUT2D eigenvalue weighted by atomic mass is 10.2. The molecule has 70 valence electrons. The molecule has 0 aliphatic heterocycles. The predicted octanol–water partition coefficient (Wildman–Crippen LogP) is 1.59. The van der Waals surface area contributed by atoms with E-state index in [0.29, 0.717) is 12.5 Å². The van der Waals surface area contributed by atoms with Gasteiger partial charge in [0.2, 0.25) is 0 Å². The highest BCUT2D eigenvalue weighted by Gasteiger charge is 2.01. The molecule has 0 rings (SSSR count). The highest BCUT2D eigenvalue weighted by Crippen LogP contribution is 1.94. The Labute approximate surface area is 71.2 Å². The molecule has 0 aromatic heterocycles. The fraction of sp³-hybridized carbons (Fsp3) is 1.00. The molecule has 0 aromatic rings. The zero-order valence-corrected chi connectivity index (χ0v) is 8.59. The van der Waals surface area contributed by atoms with Crippen LogP contribution in [0.3, 0.4) is 0 Å². The van der Waals surface area contributed by atoms with Gasteiger partial charge in [-0.15, -0.1) is 0 Å². The van der Waals surface area contributed by atoms with Crippen molar-refractivity contribution in [3.63, 3.8) is 0 Å². The van der Waals surface area contributed by atoms with Crippen LogP contribution in [-0.2, 0) is 0 Å². The van der Waals surface area contributed by atoms with Gasteiger partial charge in [-0.05, 0) is 19.5 Å². The van der Waals surface area contributed by atoms with E-state index in [1.54, 1.807) is 0 Å². The molecule has 0 fully saturated rings. The van der Waals surface area contributed by atoms with Crippen molar-refractivity contribution in [2.24, 2.45) is 5.92 Å². The molecule has 1 N–H and O–H groups in total. The van der Waals surface area contributed by atoms with Gasteiger partial charge in [-0.1, -0.05) is 27.7 Å². The van der Waals surface area contributed by atoms with Crippen LogP contribution in [-0.4, -0.2) is 36.8 Å². The van der Waals surface area contributed by atoms with E-state index in [4.69, 9.17) is 5.11 Å². The molecule has 0 saturated heterocycles. The van der Waals surface area contributed by atoms with E-state index in [9.17, 15) is 0 Å². The molecular formula is C9H23NO. The Morgan fingerprint density at radius 2 is 1.82 bits per heavy atom. The second-order valence-corrected chi connectivity index (χ2v) is 2.64. The maximum absolute atomic E-state index is 8.65. The smallest absolute Gasteiger partial charge is 0.0468 e. The average molecular weight is 161 g/mol. The van der Waals surface area contributed by atoms with Crippen LogP contribution >= 0.6 is 0 Å². The van der Waals surface area contributed by atoms with Gasteiger partial charge in [-0.25, -0.2) is 0 Å². The Balaban J connectivity index is 0. The quantitative estimate of drug-likeness (QED) is 0.677. The summed E-state index contributed by atoms with van der Waals surface area (Å²) in [5.41, 5.74) is 0. The van der Waals surface area contributed by atoms with E-state index in [1.807, 2.05) is 20.8 Å². The van der Waals surface area contributed by atoms with Crippen LogP contribution in [0.15, 0.2) is 0 Å². The lowest BCUT2D eigenvalue weighted by Crippen LogP contribution is -2.25. The highest BCUT2D eigenvalue weighted by molar-refractivity contribution is 4.54. The van der Waals surface area contributed by atoms with Crippen LogP contribution < -0.4 is 0 Å². The molecule has 0 radical (unpaired) electrons. The van der Waals surface area contributed by atoms with Crippen LogP contribution in [0.4, 0.5) is 0 Å². The second kappa shape index (κ2) is 9.92. The number of rotatable bonds is 4. The molecule has 0 spiro atoms. The predicted molar refractivity (Wildman–Crippen MR) is 50.8 cm³/mol. The van der Waals surface area contributed by atoms with Gasteiger partial charge in [0.05, 0.1) is 0 Å². The first-order chi connectivity index (χ1) is 5.20. The molecular weight excluding hydrogens is 138 g/mol. The van der Waals surface area contributed by atoms with Gasteiger partial charge in [0.25, 0.3) is 0 Å². The van der Waals surface area contributed by atoms with Crippen molar-refractivity contribution in [1.82, 2.24) is 4.90 Å². The third-order valence-corrected chi connectivity index (χ3v) is 1.47. The summed E-state index contributed by atoms with van der Waals surface area (Å²) in [5, 5.41) is 8.65. The number of hydrogen-bond acceptors (Lipinski definition) is 2. The normalized spacial score (nSPS) is 12.3. The van der Waals surface area contributed by atoms with E-state index in [0.717, 1.165) is 13.1 Å². The summed E-state index contributed by atoms with van der Waals surface area (Å²) in [6, 6.07) is 0. The van der Waals surface area contributed by atoms with Gasteiger partial charge in [0, 0.05) is 13.2 Å². The van der Waals surface area contributed by atoms with Crippen molar-refractivity contribution in [3.8, 4) is 0 Å². The van der Waals surface area contributed by atoms with Crippen LogP contribution in [0.25, 0.3) is 0 Å². The number of hydrogen-bond donors (Lipinski definition) is 1. The lowest BCUT2D eigenvalue weighted by molar-refractivity contribution is 0.194. The highest BCUT2D eigenvalue weighted by atomic mass is 16.3. The minimum Gasteiger partial charge on any atom is -0.396 e. The molecule has 0 saturated carbocycles. The summed E-state index contributed by atoms with van der Waals surface area (Å²) < 4.78 is 0. The van der Waals surface area contributed by atoms with E-state index < -0.39 is 0 Å². The molecule has 0 amide bonds. The third-order valence-electron chi connectivity index (χ3n) is 1.47. The first-order valence-corrected chi connectivity index (χ1v) is 4.50. The van der Waals surface area contributed by atoms with E-state index in [2.05, 4.69) is 18.9 Å². The zero-order chi connectivity index (χ0) is 9.28. The Bertz CT molecular complexity index is 58.6. The fourth-order valence-corrected chi connectivity index (χ4v) is 0.719. The monoisotopic (exact) mass is 161 g/mol. The van der Waals surface area contributed by atoms with Crippen molar-refractivity contribution in [2.75, 3.05) is 26.7 Å². The number of aliphatic hydroxyl groups excluding tert-OH is 1. The molecule has 0 aliphatic rings. The van der Waals surface area contributed by atoms with Gasteiger partial charge < -0.3 is 10.0 Å². The molecule has 1 atom stereocenters. The van der Waals surface area contributed by atoms with Gasteiger partial charge in [-0.3, -0.25) is 0 Å². The van der Waals surface area contributed by atoms with Gasteiger partial charge in [0.1, 0.15) is 0 Å². The van der Waals surface area contributed by atoms with Gasteiger partial charge in [-0.2, -0.15) is 0 Å². The third kappa shape index (κ3) is 9.92. The van der Waals surface area contributed by atoms with Crippen molar-refractivity contribution in [1.29, 1.82) is 0 Å². The summed E-state index contributed by atoms with van der Waals surface area (Å²) in [7, 11) is 2.06. The standard InChI is InChI=1S/C7H17NO.C2H6/c1-4-8(3)5-7(2)6-9;1-2/h7,9H,4-6H2,1-3H3;1-2H3. The average Bonchev–Trinajstić information content (AvgIpc) is 2.07. The molecule has 0 heterocycles. The number of aliphatic hydroxyl groups is 1. The van der Waals surface area contributed by atoms with E-state index in [1.165, 1.54) is 0 Å². The van der Waals surface area contributed by atoms with Crippen LogP contribution in [0, 0.1) is 5.92 Å². The SMILES string of the molecule is CC.CCN(C)CC(C)CO. The van der Waals surface area contributed by atoms with Crippen molar-refractivity contribution in [2.45, 2.75) is 27.7 Å². The van der Waals surface area contributed by atoms with Gasteiger partial charge >= 0.3 is 0 Å². The Hall–Kier alpha value is -0.0800. The summed E-state index contributed by atoms with van der Waals surface area (Å²) in [5.74, 6) is 0.412. The first-order valence-electron chi connectivity index (χ1n) is 4.50. The summed E-state index contributed by atoms with van der Waals surface area (Å²) in [6.07, 6.45) is 0. The van der Waals surface area contributed by atoms with Crippen molar-refractivity contribution in [3.05, 3.63) is 0 Å². The fourth-order valence-electron chi connectivity index (χ4n) is 0.719. The number of nitrogens with zero attached hydrogens (tertiary/aromatic N) is 1. The maximum atomic E-state index is 8.65. The Morgan fingerprint density at radius 1 is 1.36 bits per heavy atom. The first kappa shape index (κ1) is 13.5. The Morgan fingerprint density at radius 3 is 2.09 bits per heavy atom. The second-order valence-electron chi connectivity index (χ2n) is 2.64. The molecule has 0 aromatic carbocycles. The largest absolute Gasteiger partial charge is 0.396 e. The van der Waals surface area contributed by atoms with Crippen LogP contribution in [0.1, 0.15) is 27.7 Å². The molecule has 2 heteroatoms. The lowest BCUT2D eigenvalue weighted by Gasteiger charge is -2.17. The zero-order valence-electron chi connectivity index (χ0n) is 8.59. The minimum absolute atomic E-state index is 0.296. The summed E-state index contributed by atoms with van der Waals surface area (Å²) in [6.45, 7) is 10.5. The summed E-state index contributed by atoms with van der Waals surface area (Å²) in [4.78, 5) is 2.20. The molecule has 0 aliphatic carbocycles. The van der Waals surface area contributed by atoms with Gasteiger partial charge in [0.15, 0.2) is 0 Å². The van der Waals surface area contributed by atoms with E-state index >= 15 is 0 Å². The van der Waals surface area contributed by atoms with Crippen molar-refractivity contribution >= 4 is 0 Å². The molecule has 2 nitrogen and oxygen atoms in total. The minimum atomic E-state index is 0.296. The topological polar surface area (TPSA) is 23.5 Å². The van der Waals surface area contributed by atoms with E-state index in [-0.39, 0.29) is 0 Å². The van der Waals surface area contributed by atoms with Crippen LogP contribution in [0.5, 0.6) is 0 Å². The Kier molecular flexibility index (Phi) is 12.2. The maximum Gasteiger partial charge on any atom is 0.0468 e. The molecule has 1 unspecified atom stereocenters. The van der Waals surface area contributed by atoms with Crippen LogP contribution in [0.2, 0.25) is 0 Å².